The molecular formula is C16H24N4O2S. The SMILES string of the molecule is Cc1nn(C)c2sc(C(=O)NCCN3C[C@H](C)O[C@@H](C)C3)cc12. The van der Waals surface area contributed by atoms with Crippen molar-refractivity contribution in [2.24, 2.45) is 7.05 Å². The first kappa shape index (κ1) is 16.4. The molecule has 0 aromatic carbocycles. The van der Waals surface area contributed by atoms with Gasteiger partial charge in [-0.1, -0.05) is 0 Å². The molecule has 3 heterocycles. The fourth-order valence-electron chi connectivity index (χ4n) is 3.20. The lowest BCUT2D eigenvalue weighted by atomic mass is 10.2. The average Bonchev–Trinajstić information content (AvgIpc) is 3.00. The van der Waals surface area contributed by atoms with Crippen molar-refractivity contribution in [1.29, 1.82) is 0 Å². The van der Waals surface area contributed by atoms with Crippen LogP contribution < -0.4 is 5.32 Å². The Morgan fingerprint density at radius 2 is 2.13 bits per heavy atom. The Balaban J connectivity index is 1.55. The van der Waals surface area contributed by atoms with Crippen molar-refractivity contribution in [2.45, 2.75) is 33.0 Å². The molecule has 0 bridgehead atoms. The Morgan fingerprint density at radius 1 is 1.43 bits per heavy atom. The van der Waals surface area contributed by atoms with Crippen LogP contribution in [0.25, 0.3) is 10.2 Å². The van der Waals surface area contributed by atoms with Gasteiger partial charge >= 0.3 is 0 Å². The molecule has 6 nitrogen and oxygen atoms in total. The smallest absolute Gasteiger partial charge is 0.261 e. The number of rotatable bonds is 4. The van der Waals surface area contributed by atoms with E-state index in [2.05, 4.69) is 29.2 Å². The van der Waals surface area contributed by atoms with Crippen LogP contribution in [0.4, 0.5) is 0 Å². The maximum absolute atomic E-state index is 12.3. The zero-order chi connectivity index (χ0) is 16.6. The Bertz CT molecular complexity index is 664. The minimum atomic E-state index is -0.0000404. The number of fused-ring (bicyclic) bond motifs is 1. The Kier molecular flexibility index (Phi) is 4.70. The molecule has 126 valence electrons. The zero-order valence-corrected chi connectivity index (χ0v) is 14.9. The van der Waals surface area contributed by atoms with E-state index in [1.54, 1.807) is 0 Å². The fourth-order valence-corrected chi connectivity index (χ4v) is 4.24. The quantitative estimate of drug-likeness (QED) is 0.925. The second-order valence-electron chi connectivity index (χ2n) is 6.31. The molecule has 0 radical (unpaired) electrons. The van der Waals surface area contributed by atoms with Crippen LogP contribution in [0.3, 0.4) is 0 Å². The lowest BCUT2D eigenvalue weighted by Gasteiger charge is -2.35. The van der Waals surface area contributed by atoms with Crippen LogP contribution in [-0.2, 0) is 11.8 Å². The van der Waals surface area contributed by atoms with E-state index in [-0.39, 0.29) is 18.1 Å². The third kappa shape index (κ3) is 3.57. The van der Waals surface area contributed by atoms with E-state index in [4.69, 9.17) is 4.74 Å². The number of carbonyl (C=O) groups is 1. The Labute approximate surface area is 140 Å². The first-order valence-electron chi connectivity index (χ1n) is 8.03. The largest absolute Gasteiger partial charge is 0.373 e. The number of amides is 1. The number of thiophene rings is 1. The topological polar surface area (TPSA) is 59.4 Å². The molecule has 0 spiro atoms. The van der Waals surface area contributed by atoms with E-state index in [9.17, 15) is 4.79 Å². The number of aromatic nitrogens is 2. The highest BCUT2D eigenvalue weighted by atomic mass is 32.1. The molecule has 1 N–H and O–H groups in total. The first-order valence-corrected chi connectivity index (χ1v) is 8.85. The monoisotopic (exact) mass is 336 g/mol. The molecule has 7 heteroatoms. The van der Waals surface area contributed by atoms with Crippen LogP contribution in [0.2, 0.25) is 0 Å². The molecule has 23 heavy (non-hydrogen) atoms. The molecule has 1 aliphatic rings. The maximum Gasteiger partial charge on any atom is 0.261 e. The van der Waals surface area contributed by atoms with Crippen LogP contribution in [0.1, 0.15) is 29.2 Å². The van der Waals surface area contributed by atoms with Crippen molar-refractivity contribution < 1.29 is 9.53 Å². The summed E-state index contributed by atoms with van der Waals surface area (Å²) in [5, 5.41) is 8.46. The number of carbonyl (C=O) groups excluding carboxylic acids is 1. The maximum atomic E-state index is 12.3. The molecule has 0 unspecified atom stereocenters. The molecule has 2 aromatic heterocycles. The highest BCUT2D eigenvalue weighted by Crippen LogP contribution is 2.27. The van der Waals surface area contributed by atoms with Gasteiger partial charge in [0.2, 0.25) is 0 Å². The van der Waals surface area contributed by atoms with Gasteiger partial charge in [-0.2, -0.15) is 5.10 Å². The van der Waals surface area contributed by atoms with Crippen molar-refractivity contribution >= 4 is 27.5 Å². The van der Waals surface area contributed by atoms with E-state index < -0.39 is 0 Å². The summed E-state index contributed by atoms with van der Waals surface area (Å²) in [6.45, 7) is 9.52. The van der Waals surface area contributed by atoms with Crippen molar-refractivity contribution in [1.82, 2.24) is 20.0 Å². The van der Waals surface area contributed by atoms with Gasteiger partial charge in [-0.25, -0.2) is 0 Å². The third-order valence-corrected chi connectivity index (χ3v) is 5.33. The second-order valence-corrected chi connectivity index (χ2v) is 7.34. The molecule has 3 rings (SSSR count). The summed E-state index contributed by atoms with van der Waals surface area (Å²) in [6, 6.07) is 1.94. The van der Waals surface area contributed by atoms with Crippen molar-refractivity contribution in [3.05, 3.63) is 16.6 Å². The molecule has 1 saturated heterocycles. The number of nitrogens with zero attached hydrogens (tertiary/aromatic N) is 3. The van der Waals surface area contributed by atoms with Gasteiger partial charge in [0.25, 0.3) is 5.91 Å². The van der Waals surface area contributed by atoms with E-state index in [1.807, 2.05) is 24.7 Å². The molecule has 2 aromatic rings. The lowest BCUT2D eigenvalue weighted by molar-refractivity contribution is -0.0672. The van der Waals surface area contributed by atoms with Gasteiger partial charge in [-0.15, -0.1) is 11.3 Å². The van der Waals surface area contributed by atoms with Crippen LogP contribution in [0, 0.1) is 6.92 Å². The molecule has 0 saturated carbocycles. The molecule has 0 aliphatic carbocycles. The summed E-state index contributed by atoms with van der Waals surface area (Å²) in [4.78, 5) is 16.5. The molecule has 2 atom stereocenters. The van der Waals surface area contributed by atoms with Gasteiger partial charge in [0.15, 0.2) is 0 Å². The van der Waals surface area contributed by atoms with Crippen LogP contribution in [-0.4, -0.2) is 59.0 Å². The van der Waals surface area contributed by atoms with Crippen LogP contribution in [0.15, 0.2) is 6.07 Å². The number of hydrogen-bond donors (Lipinski definition) is 1. The summed E-state index contributed by atoms with van der Waals surface area (Å²) in [5.74, 6) is -0.0000404. The van der Waals surface area contributed by atoms with Gasteiger partial charge < -0.3 is 10.1 Å². The summed E-state index contributed by atoms with van der Waals surface area (Å²) < 4.78 is 7.56. The molecule has 1 fully saturated rings. The van der Waals surface area contributed by atoms with Crippen LogP contribution in [0.5, 0.6) is 0 Å². The van der Waals surface area contributed by atoms with Gasteiger partial charge in [0.1, 0.15) is 4.83 Å². The number of hydrogen-bond acceptors (Lipinski definition) is 5. The van der Waals surface area contributed by atoms with Gasteiger partial charge in [0.05, 0.1) is 22.8 Å². The summed E-state index contributed by atoms with van der Waals surface area (Å²) >= 11 is 1.49. The first-order chi connectivity index (χ1) is 10.9. The van der Waals surface area contributed by atoms with E-state index >= 15 is 0 Å². The van der Waals surface area contributed by atoms with Crippen LogP contribution >= 0.6 is 11.3 Å². The molecular weight excluding hydrogens is 312 g/mol. The van der Waals surface area contributed by atoms with E-state index in [1.165, 1.54) is 11.3 Å². The number of morpholine rings is 1. The summed E-state index contributed by atoms with van der Waals surface area (Å²) in [5.41, 5.74) is 0.967. The summed E-state index contributed by atoms with van der Waals surface area (Å²) in [6.07, 6.45) is 0.514. The number of aryl methyl sites for hydroxylation is 2. The fraction of sp³-hybridized carbons (Fsp3) is 0.625. The zero-order valence-electron chi connectivity index (χ0n) is 14.1. The van der Waals surface area contributed by atoms with Crippen molar-refractivity contribution in [3.63, 3.8) is 0 Å². The Morgan fingerprint density at radius 3 is 2.78 bits per heavy atom. The number of nitrogens with one attached hydrogen (secondary N) is 1. The third-order valence-electron chi connectivity index (χ3n) is 4.13. The average molecular weight is 336 g/mol. The highest BCUT2D eigenvalue weighted by Gasteiger charge is 2.22. The Hall–Kier alpha value is -1.44. The van der Waals surface area contributed by atoms with Gasteiger partial charge in [-0.05, 0) is 26.8 Å². The normalized spacial score (nSPS) is 22.6. The number of ether oxygens (including phenoxy) is 1. The second kappa shape index (κ2) is 6.59. The van der Waals surface area contributed by atoms with Crippen molar-refractivity contribution in [3.8, 4) is 0 Å². The van der Waals surface area contributed by atoms with E-state index in [0.717, 1.165) is 40.4 Å². The highest BCUT2D eigenvalue weighted by molar-refractivity contribution is 7.20. The minimum Gasteiger partial charge on any atom is -0.373 e. The van der Waals surface area contributed by atoms with Gasteiger partial charge in [0, 0.05) is 38.6 Å². The minimum absolute atomic E-state index is 0.0000404. The summed E-state index contributed by atoms with van der Waals surface area (Å²) in [7, 11) is 1.91. The van der Waals surface area contributed by atoms with Crippen molar-refractivity contribution in [2.75, 3.05) is 26.2 Å². The molecule has 1 amide bonds. The standard InChI is InChI=1S/C16H24N4O2S/c1-10-8-20(9-11(2)22-10)6-5-17-15(21)14-7-13-12(3)18-19(4)16(13)23-14/h7,10-11H,5-6,8-9H2,1-4H3,(H,17,21)/t10-,11-/m0/s1. The van der Waals surface area contributed by atoms with Gasteiger partial charge in [-0.3, -0.25) is 14.4 Å². The molecule has 1 aliphatic heterocycles. The van der Waals surface area contributed by atoms with E-state index in [0.29, 0.717) is 6.54 Å². The predicted octanol–water partition coefficient (Wildman–Crippen LogP) is 1.78. The lowest BCUT2D eigenvalue weighted by Crippen LogP contribution is -2.47. The predicted molar refractivity (Wildman–Crippen MR) is 92.1 cm³/mol.